The van der Waals surface area contributed by atoms with E-state index in [1.54, 1.807) is 11.0 Å². The highest BCUT2D eigenvalue weighted by Crippen LogP contribution is 2.17. The minimum Gasteiger partial charge on any atom is -0.491 e. The number of nitrogens with zero attached hydrogens (tertiary/aromatic N) is 1. The number of hydrogen-bond acceptors (Lipinski definition) is 4. The summed E-state index contributed by atoms with van der Waals surface area (Å²) in [7, 11) is 0. The lowest BCUT2D eigenvalue weighted by molar-refractivity contribution is -0.0167. The van der Waals surface area contributed by atoms with Crippen LogP contribution in [0.5, 0.6) is 5.75 Å². The molecular weight excluding hydrogens is 256 g/mol. The molecule has 1 heterocycles. The van der Waals surface area contributed by atoms with Gasteiger partial charge < -0.3 is 20.1 Å². The highest BCUT2D eigenvalue weighted by atomic mass is 16.5. The molecule has 20 heavy (non-hydrogen) atoms. The average Bonchev–Trinajstić information content (AvgIpc) is 2.46. The zero-order valence-corrected chi connectivity index (χ0v) is 12.0. The Labute approximate surface area is 119 Å². The molecule has 0 bridgehead atoms. The molecule has 1 fully saturated rings. The van der Waals surface area contributed by atoms with Crippen LogP contribution in [-0.4, -0.2) is 49.3 Å². The summed E-state index contributed by atoms with van der Waals surface area (Å²) in [6.45, 7) is 6.04. The number of carbonyl (C=O) groups excluding carboxylic acids is 1. The molecule has 1 aliphatic rings. The highest BCUT2D eigenvalue weighted by Gasteiger charge is 2.24. The molecule has 2 rings (SSSR count). The fraction of sp³-hybridized carbons (Fsp3) is 0.533. The van der Waals surface area contributed by atoms with E-state index in [4.69, 9.17) is 15.2 Å². The first-order valence-electron chi connectivity index (χ1n) is 6.98. The number of carbonyl (C=O) groups is 1. The number of morpholine rings is 1. The monoisotopic (exact) mass is 278 g/mol. The quantitative estimate of drug-likeness (QED) is 0.901. The van der Waals surface area contributed by atoms with Gasteiger partial charge >= 0.3 is 0 Å². The van der Waals surface area contributed by atoms with Gasteiger partial charge in [0.05, 0.1) is 18.8 Å². The Balaban J connectivity index is 2.08. The third-order valence-corrected chi connectivity index (χ3v) is 3.14. The van der Waals surface area contributed by atoms with E-state index >= 15 is 0 Å². The lowest BCUT2D eigenvalue weighted by atomic mass is 10.1. The van der Waals surface area contributed by atoms with Crippen LogP contribution >= 0.6 is 0 Å². The molecule has 1 aromatic rings. The lowest BCUT2D eigenvalue weighted by Gasteiger charge is -2.32. The number of nitrogens with two attached hydrogens (primary N) is 1. The Morgan fingerprint density at radius 3 is 3.05 bits per heavy atom. The van der Waals surface area contributed by atoms with Gasteiger partial charge in [-0.1, -0.05) is 6.07 Å². The summed E-state index contributed by atoms with van der Waals surface area (Å²) in [5, 5.41) is 0. The second-order valence-electron chi connectivity index (χ2n) is 5.17. The number of ether oxygens (including phenoxy) is 2. The smallest absolute Gasteiger partial charge is 0.254 e. The maximum absolute atomic E-state index is 12.5. The average molecular weight is 278 g/mol. The van der Waals surface area contributed by atoms with Crippen molar-refractivity contribution in [1.82, 2.24) is 4.90 Å². The van der Waals surface area contributed by atoms with E-state index < -0.39 is 0 Å². The van der Waals surface area contributed by atoms with Crippen LogP contribution in [0.1, 0.15) is 24.2 Å². The van der Waals surface area contributed by atoms with Gasteiger partial charge in [0.15, 0.2) is 0 Å². The molecule has 1 amide bonds. The van der Waals surface area contributed by atoms with Gasteiger partial charge in [-0.2, -0.15) is 0 Å². The van der Waals surface area contributed by atoms with E-state index in [0.717, 1.165) is 5.75 Å². The number of benzene rings is 1. The molecule has 1 aromatic carbocycles. The zero-order chi connectivity index (χ0) is 14.5. The highest BCUT2D eigenvalue weighted by molar-refractivity contribution is 5.94. The predicted molar refractivity (Wildman–Crippen MR) is 76.9 cm³/mol. The normalized spacial score (nSPS) is 19.2. The maximum atomic E-state index is 12.5. The Morgan fingerprint density at radius 2 is 2.35 bits per heavy atom. The van der Waals surface area contributed by atoms with Crippen molar-refractivity contribution in [1.29, 1.82) is 0 Å². The van der Waals surface area contributed by atoms with Crippen molar-refractivity contribution in [3.05, 3.63) is 29.8 Å². The second kappa shape index (κ2) is 6.72. The van der Waals surface area contributed by atoms with Crippen molar-refractivity contribution in [3.8, 4) is 5.75 Å². The third-order valence-electron chi connectivity index (χ3n) is 3.14. The minimum atomic E-state index is -0.0669. The molecule has 0 aliphatic carbocycles. The summed E-state index contributed by atoms with van der Waals surface area (Å²) >= 11 is 0. The van der Waals surface area contributed by atoms with Crippen molar-refractivity contribution < 1.29 is 14.3 Å². The van der Waals surface area contributed by atoms with Gasteiger partial charge in [-0.25, -0.2) is 0 Å². The second-order valence-corrected chi connectivity index (χ2v) is 5.17. The molecule has 1 aliphatic heterocycles. The molecule has 2 N–H and O–H groups in total. The first-order valence-corrected chi connectivity index (χ1v) is 6.98. The first kappa shape index (κ1) is 14.8. The van der Waals surface area contributed by atoms with Crippen molar-refractivity contribution in [3.63, 3.8) is 0 Å². The minimum absolute atomic E-state index is 0.000885. The molecule has 1 saturated heterocycles. The van der Waals surface area contributed by atoms with Crippen LogP contribution in [0.25, 0.3) is 0 Å². The van der Waals surface area contributed by atoms with E-state index in [1.807, 2.05) is 32.0 Å². The number of hydrogen-bond donors (Lipinski definition) is 1. The topological polar surface area (TPSA) is 64.8 Å². The first-order chi connectivity index (χ1) is 9.60. The van der Waals surface area contributed by atoms with E-state index in [-0.39, 0.29) is 18.1 Å². The summed E-state index contributed by atoms with van der Waals surface area (Å²) < 4.78 is 11.1. The van der Waals surface area contributed by atoms with Crippen LogP contribution in [0, 0.1) is 0 Å². The van der Waals surface area contributed by atoms with E-state index in [1.165, 1.54) is 0 Å². The van der Waals surface area contributed by atoms with Gasteiger partial charge in [-0.3, -0.25) is 4.79 Å². The summed E-state index contributed by atoms with van der Waals surface area (Å²) in [5.41, 5.74) is 6.24. The molecule has 0 saturated carbocycles. The van der Waals surface area contributed by atoms with Crippen LogP contribution in [0.4, 0.5) is 0 Å². The summed E-state index contributed by atoms with van der Waals surface area (Å²) in [5.74, 6) is 0.718. The van der Waals surface area contributed by atoms with Crippen molar-refractivity contribution in [2.75, 3.05) is 26.2 Å². The molecule has 0 aromatic heterocycles. The Hall–Kier alpha value is -1.59. The van der Waals surface area contributed by atoms with E-state index in [9.17, 15) is 4.79 Å². The SMILES string of the molecule is CC(C)Oc1cccc(C(=O)N2CCOC(CN)C2)c1. The zero-order valence-electron chi connectivity index (χ0n) is 12.0. The molecule has 5 heteroatoms. The summed E-state index contributed by atoms with van der Waals surface area (Å²) in [6, 6.07) is 7.29. The third kappa shape index (κ3) is 3.71. The van der Waals surface area contributed by atoms with Crippen molar-refractivity contribution >= 4 is 5.91 Å². The Bertz CT molecular complexity index is 462. The Kier molecular flexibility index (Phi) is 4.98. The molecule has 0 radical (unpaired) electrons. The van der Waals surface area contributed by atoms with E-state index in [0.29, 0.717) is 31.8 Å². The van der Waals surface area contributed by atoms with Gasteiger partial charge in [0.1, 0.15) is 5.75 Å². The standard InChI is InChI=1S/C15H22N2O3/c1-11(2)20-13-5-3-4-12(8-13)15(18)17-6-7-19-14(9-16)10-17/h3-5,8,11,14H,6-7,9-10,16H2,1-2H3. The lowest BCUT2D eigenvalue weighted by Crippen LogP contribution is -2.48. The molecular formula is C15H22N2O3. The van der Waals surface area contributed by atoms with Crippen molar-refractivity contribution in [2.45, 2.75) is 26.1 Å². The fourth-order valence-electron chi connectivity index (χ4n) is 2.20. The molecule has 5 nitrogen and oxygen atoms in total. The van der Waals surface area contributed by atoms with Gasteiger partial charge in [-0.15, -0.1) is 0 Å². The fourth-order valence-corrected chi connectivity index (χ4v) is 2.20. The van der Waals surface area contributed by atoms with Crippen LogP contribution in [0.15, 0.2) is 24.3 Å². The largest absolute Gasteiger partial charge is 0.491 e. The Morgan fingerprint density at radius 1 is 1.55 bits per heavy atom. The molecule has 1 unspecified atom stereocenters. The van der Waals surface area contributed by atoms with Crippen molar-refractivity contribution in [2.24, 2.45) is 5.73 Å². The van der Waals surface area contributed by atoms with Crippen LogP contribution in [0.3, 0.4) is 0 Å². The predicted octanol–water partition coefficient (Wildman–Crippen LogP) is 1.27. The van der Waals surface area contributed by atoms with E-state index in [2.05, 4.69) is 0 Å². The van der Waals surface area contributed by atoms with Gasteiger partial charge in [0, 0.05) is 25.2 Å². The van der Waals surface area contributed by atoms with Gasteiger partial charge in [0.2, 0.25) is 0 Å². The molecule has 0 spiro atoms. The van der Waals surface area contributed by atoms with Crippen LogP contribution in [-0.2, 0) is 4.74 Å². The summed E-state index contributed by atoms with van der Waals surface area (Å²) in [4.78, 5) is 14.3. The number of rotatable bonds is 4. The molecule has 1 atom stereocenters. The van der Waals surface area contributed by atoms with Gasteiger partial charge in [-0.05, 0) is 32.0 Å². The maximum Gasteiger partial charge on any atom is 0.254 e. The number of amides is 1. The van der Waals surface area contributed by atoms with Crippen LogP contribution < -0.4 is 10.5 Å². The van der Waals surface area contributed by atoms with Crippen LogP contribution in [0.2, 0.25) is 0 Å². The summed E-state index contributed by atoms with van der Waals surface area (Å²) in [6.07, 6.45) is 0.0214. The molecule has 110 valence electrons. The van der Waals surface area contributed by atoms with Gasteiger partial charge in [0.25, 0.3) is 5.91 Å².